The van der Waals surface area contributed by atoms with Crippen molar-refractivity contribution in [3.8, 4) is 0 Å². The number of hydrogen-bond donors (Lipinski definition) is 0. The molecule has 0 saturated heterocycles. The molecule has 0 aliphatic rings. The van der Waals surface area contributed by atoms with Gasteiger partial charge in [-0.05, 0) is 37.5 Å². The van der Waals surface area contributed by atoms with Gasteiger partial charge in [-0.15, -0.1) is 0 Å². The fraction of sp³-hybridized carbons (Fsp3) is 0.875. The van der Waals surface area contributed by atoms with Crippen LogP contribution in [-0.2, 0) is 9.59 Å². The minimum absolute atomic E-state index is 0. The van der Waals surface area contributed by atoms with Gasteiger partial charge in [0.1, 0.15) is 0 Å². The molecule has 0 fully saturated rings. The van der Waals surface area contributed by atoms with Crippen LogP contribution >= 0.6 is 0 Å². The Morgan fingerprint density at radius 3 is 0.952 bits per heavy atom. The van der Waals surface area contributed by atoms with Crippen LogP contribution in [0, 0.1) is 11.8 Å². The zero-order chi connectivity index (χ0) is 16.0. The largest absolute Gasteiger partial charge is 2.00 e. The third-order valence-electron chi connectivity index (χ3n) is 3.22. The summed E-state index contributed by atoms with van der Waals surface area (Å²) in [6.07, 6.45) is 6.76. The molecule has 0 aromatic carbocycles. The van der Waals surface area contributed by atoms with E-state index < -0.39 is 11.9 Å². The molecule has 0 heterocycles. The zero-order valence-corrected chi connectivity index (χ0v) is 16.4. The number of carbonyl (C=O) groups excluding carboxylic acids is 2. The zero-order valence-electron chi connectivity index (χ0n) is 14.2. The van der Waals surface area contributed by atoms with Crippen molar-refractivity contribution in [3.63, 3.8) is 0 Å². The molecule has 0 aliphatic heterocycles. The minimum atomic E-state index is -0.885. The third kappa shape index (κ3) is 16.4. The van der Waals surface area contributed by atoms with Gasteiger partial charge in [0, 0.05) is 11.9 Å². The molecule has 4 nitrogen and oxygen atoms in total. The molecule has 0 aromatic rings. The van der Waals surface area contributed by atoms with Gasteiger partial charge in [0.05, 0.1) is 0 Å². The SMILES string of the molecule is CCCC(CCC)C(=O)[O-].CCCC(CCC)C(=O)[O-].[Ca+2]. The van der Waals surface area contributed by atoms with Crippen LogP contribution in [0.1, 0.15) is 79.1 Å². The van der Waals surface area contributed by atoms with Gasteiger partial charge in [0.2, 0.25) is 0 Å². The van der Waals surface area contributed by atoms with E-state index in [2.05, 4.69) is 0 Å². The van der Waals surface area contributed by atoms with Gasteiger partial charge in [-0.25, -0.2) is 0 Å². The van der Waals surface area contributed by atoms with Crippen LogP contribution in [0.5, 0.6) is 0 Å². The average molecular weight is 326 g/mol. The van der Waals surface area contributed by atoms with Crippen LogP contribution in [-0.4, -0.2) is 49.7 Å². The van der Waals surface area contributed by atoms with Gasteiger partial charge in [0.25, 0.3) is 0 Å². The Morgan fingerprint density at radius 1 is 0.667 bits per heavy atom. The third-order valence-corrected chi connectivity index (χ3v) is 3.22. The number of carbonyl (C=O) groups is 2. The number of aliphatic carboxylic acids is 2. The summed E-state index contributed by atoms with van der Waals surface area (Å²) in [6, 6.07) is 0. The molecule has 0 unspecified atom stereocenters. The molecule has 0 radical (unpaired) electrons. The summed E-state index contributed by atoms with van der Waals surface area (Å²) in [5.41, 5.74) is 0. The van der Waals surface area contributed by atoms with E-state index in [0.717, 1.165) is 51.4 Å². The first-order chi connectivity index (χ1) is 9.44. The molecule has 120 valence electrons. The topological polar surface area (TPSA) is 80.3 Å². The molecular formula is C16H30CaO4. The fourth-order valence-corrected chi connectivity index (χ4v) is 2.15. The van der Waals surface area contributed by atoms with E-state index in [1.165, 1.54) is 0 Å². The molecule has 0 N–H and O–H groups in total. The molecule has 0 bridgehead atoms. The second kappa shape index (κ2) is 18.2. The van der Waals surface area contributed by atoms with Crippen LogP contribution < -0.4 is 10.2 Å². The summed E-state index contributed by atoms with van der Waals surface area (Å²) < 4.78 is 0. The maximum Gasteiger partial charge on any atom is 2.00 e. The Labute approximate surface area is 159 Å². The van der Waals surface area contributed by atoms with Gasteiger partial charge < -0.3 is 19.8 Å². The Kier molecular flexibility index (Phi) is 22.7. The maximum atomic E-state index is 10.4. The van der Waals surface area contributed by atoms with Crippen molar-refractivity contribution in [3.05, 3.63) is 0 Å². The van der Waals surface area contributed by atoms with E-state index in [1.807, 2.05) is 27.7 Å². The monoisotopic (exact) mass is 326 g/mol. The van der Waals surface area contributed by atoms with Crippen LogP contribution in [0.2, 0.25) is 0 Å². The van der Waals surface area contributed by atoms with Crippen LogP contribution in [0.25, 0.3) is 0 Å². The van der Waals surface area contributed by atoms with Crippen molar-refractivity contribution < 1.29 is 19.8 Å². The quantitative estimate of drug-likeness (QED) is 0.570. The molecule has 0 saturated carbocycles. The summed E-state index contributed by atoms with van der Waals surface area (Å²) in [5.74, 6) is -2.20. The Hall–Kier alpha value is 0.200. The van der Waals surface area contributed by atoms with Gasteiger partial charge in [-0.1, -0.05) is 53.4 Å². The van der Waals surface area contributed by atoms with Crippen molar-refractivity contribution in [1.29, 1.82) is 0 Å². The smallest absolute Gasteiger partial charge is 0.550 e. The van der Waals surface area contributed by atoms with Crippen LogP contribution in [0.4, 0.5) is 0 Å². The average Bonchev–Trinajstić information content (AvgIpc) is 2.38. The van der Waals surface area contributed by atoms with E-state index in [9.17, 15) is 19.8 Å². The van der Waals surface area contributed by atoms with Gasteiger partial charge >= 0.3 is 37.7 Å². The summed E-state index contributed by atoms with van der Waals surface area (Å²) in [7, 11) is 0. The first-order valence-electron chi connectivity index (χ1n) is 7.86. The summed E-state index contributed by atoms with van der Waals surface area (Å²) in [6.45, 7) is 7.97. The van der Waals surface area contributed by atoms with E-state index in [4.69, 9.17) is 0 Å². The van der Waals surface area contributed by atoms with E-state index in [1.54, 1.807) is 0 Å². The molecule has 5 heteroatoms. The molecule has 0 amide bonds. The van der Waals surface area contributed by atoms with Crippen LogP contribution in [0.15, 0.2) is 0 Å². The van der Waals surface area contributed by atoms with Gasteiger partial charge in [0.15, 0.2) is 0 Å². The molecule has 0 spiro atoms. The van der Waals surface area contributed by atoms with Crippen molar-refractivity contribution in [2.24, 2.45) is 11.8 Å². The Morgan fingerprint density at radius 2 is 0.857 bits per heavy atom. The van der Waals surface area contributed by atoms with E-state index in [0.29, 0.717) is 0 Å². The molecule has 21 heavy (non-hydrogen) atoms. The first kappa shape index (κ1) is 26.1. The van der Waals surface area contributed by atoms with Crippen molar-refractivity contribution in [1.82, 2.24) is 0 Å². The molecule has 0 rings (SSSR count). The minimum Gasteiger partial charge on any atom is -0.550 e. The second-order valence-electron chi connectivity index (χ2n) is 5.19. The Balaban J connectivity index is -0.000000295. The molecule has 0 aliphatic carbocycles. The number of carboxylic acids is 2. The number of carboxylic acid groups (broad SMARTS) is 2. The molecule has 0 atom stereocenters. The fourth-order valence-electron chi connectivity index (χ4n) is 2.15. The van der Waals surface area contributed by atoms with Crippen molar-refractivity contribution in [2.75, 3.05) is 0 Å². The van der Waals surface area contributed by atoms with Crippen molar-refractivity contribution >= 4 is 49.7 Å². The molecular weight excluding hydrogens is 296 g/mol. The van der Waals surface area contributed by atoms with Crippen molar-refractivity contribution in [2.45, 2.75) is 79.1 Å². The van der Waals surface area contributed by atoms with E-state index >= 15 is 0 Å². The Bertz CT molecular complexity index is 219. The van der Waals surface area contributed by atoms with Gasteiger partial charge in [-0.2, -0.15) is 0 Å². The van der Waals surface area contributed by atoms with Crippen LogP contribution in [0.3, 0.4) is 0 Å². The second-order valence-corrected chi connectivity index (χ2v) is 5.19. The summed E-state index contributed by atoms with van der Waals surface area (Å²) >= 11 is 0. The van der Waals surface area contributed by atoms with E-state index in [-0.39, 0.29) is 49.6 Å². The standard InChI is InChI=1S/2C8H16O2.Ca/c2*1-3-5-7(6-4-2)8(9)10;/h2*7H,3-6H2,1-2H3,(H,9,10);/q;;+2/p-2. The predicted molar refractivity (Wildman–Crippen MR) is 82.4 cm³/mol. The predicted octanol–water partition coefficient (Wildman–Crippen LogP) is 1.52. The molecule has 0 aromatic heterocycles. The maximum absolute atomic E-state index is 10.4. The van der Waals surface area contributed by atoms with Gasteiger partial charge in [-0.3, -0.25) is 0 Å². The normalized spacial score (nSPS) is 9.81. The summed E-state index contributed by atoms with van der Waals surface area (Å²) in [5, 5.41) is 20.7. The summed E-state index contributed by atoms with van der Waals surface area (Å²) in [4.78, 5) is 20.7. The number of rotatable bonds is 10. The first-order valence-corrected chi connectivity index (χ1v) is 7.86. The number of hydrogen-bond acceptors (Lipinski definition) is 4.